The van der Waals surface area contributed by atoms with Gasteiger partial charge in [0, 0.05) is 6.54 Å². The van der Waals surface area contributed by atoms with Gasteiger partial charge in [0.1, 0.15) is 18.1 Å². The van der Waals surface area contributed by atoms with Crippen LogP contribution < -0.4 is 9.47 Å². The number of hydrogen-bond donors (Lipinski definition) is 0. The summed E-state index contributed by atoms with van der Waals surface area (Å²) < 4.78 is 16.3. The third-order valence-electron chi connectivity index (χ3n) is 4.93. The Kier molecular flexibility index (Phi) is 6.04. The highest BCUT2D eigenvalue weighted by atomic mass is 16.5. The second-order valence-corrected chi connectivity index (χ2v) is 6.92. The molecule has 7 nitrogen and oxygen atoms in total. The summed E-state index contributed by atoms with van der Waals surface area (Å²) >= 11 is 0. The van der Waals surface area contributed by atoms with Crippen molar-refractivity contribution in [1.29, 1.82) is 0 Å². The number of amides is 1. The van der Waals surface area contributed by atoms with E-state index in [1.807, 2.05) is 42.5 Å². The molecule has 4 rings (SSSR count). The van der Waals surface area contributed by atoms with Gasteiger partial charge in [-0.2, -0.15) is 4.98 Å². The van der Waals surface area contributed by atoms with E-state index in [-0.39, 0.29) is 18.6 Å². The molecule has 2 heterocycles. The summed E-state index contributed by atoms with van der Waals surface area (Å²) in [4.78, 5) is 18.6. The van der Waals surface area contributed by atoms with Gasteiger partial charge in [0.15, 0.2) is 12.4 Å². The van der Waals surface area contributed by atoms with Gasteiger partial charge in [-0.15, -0.1) is 0 Å². The van der Waals surface area contributed by atoms with Crippen LogP contribution in [0.2, 0.25) is 0 Å². The molecule has 29 heavy (non-hydrogen) atoms. The van der Waals surface area contributed by atoms with Crippen LogP contribution in [-0.4, -0.2) is 34.1 Å². The Morgan fingerprint density at radius 2 is 1.79 bits per heavy atom. The van der Waals surface area contributed by atoms with Crippen LogP contribution in [0.25, 0.3) is 0 Å². The van der Waals surface area contributed by atoms with E-state index < -0.39 is 0 Å². The maximum atomic E-state index is 12.7. The maximum absolute atomic E-state index is 12.7. The van der Waals surface area contributed by atoms with Gasteiger partial charge in [0.25, 0.3) is 5.91 Å². The van der Waals surface area contributed by atoms with Crippen LogP contribution in [0, 0.1) is 0 Å². The molecule has 7 heteroatoms. The fourth-order valence-corrected chi connectivity index (χ4v) is 3.43. The average Bonchev–Trinajstić information content (AvgIpc) is 3.32. The quantitative estimate of drug-likeness (QED) is 0.608. The van der Waals surface area contributed by atoms with Gasteiger partial charge in [-0.25, -0.2) is 0 Å². The highest BCUT2D eigenvalue weighted by molar-refractivity contribution is 5.78. The molecule has 2 aromatic carbocycles. The van der Waals surface area contributed by atoms with Gasteiger partial charge in [-0.05, 0) is 49.1 Å². The van der Waals surface area contributed by atoms with E-state index in [4.69, 9.17) is 14.0 Å². The fraction of sp³-hybridized carbons (Fsp3) is 0.318. The molecular weight excluding hydrogens is 370 g/mol. The number of nitrogens with zero attached hydrogens (tertiary/aromatic N) is 3. The van der Waals surface area contributed by atoms with Crippen molar-refractivity contribution in [1.82, 2.24) is 15.0 Å². The standard InChI is InChI=1S/C22H23N3O4/c26-21(25-13-5-4-8-20(25)22-23-16-29-24-22)15-28-19-11-9-18(10-12-19)27-14-17-6-2-1-3-7-17/h1-3,6-7,9-12,16,20H,4-5,8,13-15H2. The maximum Gasteiger partial charge on any atom is 0.261 e. The number of rotatable bonds is 7. The van der Waals surface area contributed by atoms with E-state index in [2.05, 4.69) is 10.1 Å². The minimum Gasteiger partial charge on any atom is -0.489 e. The number of hydrogen-bond acceptors (Lipinski definition) is 6. The first-order chi connectivity index (χ1) is 14.3. The lowest BCUT2D eigenvalue weighted by Crippen LogP contribution is -2.41. The smallest absolute Gasteiger partial charge is 0.261 e. The lowest BCUT2D eigenvalue weighted by atomic mass is 10.0. The Morgan fingerprint density at radius 3 is 2.52 bits per heavy atom. The minimum absolute atomic E-state index is 0.0292. The van der Waals surface area contributed by atoms with Crippen LogP contribution in [0.3, 0.4) is 0 Å². The van der Waals surface area contributed by atoms with Crippen molar-refractivity contribution in [2.75, 3.05) is 13.2 Å². The van der Waals surface area contributed by atoms with Crippen LogP contribution >= 0.6 is 0 Å². The summed E-state index contributed by atoms with van der Waals surface area (Å²) in [5, 5.41) is 3.91. The Balaban J connectivity index is 1.29. The molecule has 1 aliphatic heterocycles. The largest absolute Gasteiger partial charge is 0.489 e. The Morgan fingerprint density at radius 1 is 1.03 bits per heavy atom. The van der Waals surface area contributed by atoms with E-state index in [1.54, 1.807) is 17.0 Å². The molecule has 1 saturated heterocycles. The molecule has 0 N–H and O–H groups in total. The summed E-state index contributed by atoms with van der Waals surface area (Å²) in [7, 11) is 0. The molecule has 1 aliphatic rings. The Bertz CT molecular complexity index is 898. The van der Waals surface area contributed by atoms with E-state index >= 15 is 0 Å². The lowest BCUT2D eigenvalue weighted by molar-refractivity contribution is -0.137. The third kappa shape index (κ3) is 4.93. The summed E-state index contributed by atoms with van der Waals surface area (Å²) in [5.74, 6) is 1.85. The van der Waals surface area contributed by atoms with Crippen molar-refractivity contribution in [2.24, 2.45) is 0 Å². The molecule has 0 spiro atoms. The number of ether oxygens (including phenoxy) is 2. The van der Waals surface area contributed by atoms with Crippen LogP contribution in [0.4, 0.5) is 0 Å². The van der Waals surface area contributed by atoms with Gasteiger partial charge in [-0.3, -0.25) is 4.79 Å². The van der Waals surface area contributed by atoms with Gasteiger partial charge in [0.2, 0.25) is 6.39 Å². The number of likely N-dealkylation sites (tertiary alicyclic amines) is 1. The second kappa shape index (κ2) is 9.23. The molecular formula is C22H23N3O4. The molecule has 1 atom stereocenters. The molecule has 0 saturated carbocycles. The number of carbonyl (C=O) groups is 1. The zero-order chi connectivity index (χ0) is 19.9. The van der Waals surface area contributed by atoms with Crippen molar-refractivity contribution >= 4 is 5.91 Å². The molecule has 1 unspecified atom stereocenters. The van der Waals surface area contributed by atoms with Crippen molar-refractivity contribution in [3.8, 4) is 11.5 Å². The number of aromatic nitrogens is 2. The molecule has 0 aliphatic carbocycles. The summed E-state index contributed by atoms with van der Waals surface area (Å²) in [5.41, 5.74) is 1.11. The normalized spacial score (nSPS) is 16.4. The molecule has 0 bridgehead atoms. The average molecular weight is 393 g/mol. The zero-order valence-corrected chi connectivity index (χ0v) is 16.1. The summed E-state index contributed by atoms with van der Waals surface area (Å²) in [6, 6.07) is 17.1. The van der Waals surface area contributed by atoms with E-state index in [9.17, 15) is 4.79 Å². The van der Waals surface area contributed by atoms with E-state index in [0.717, 1.165) is 30.6 Å². The second-order valence-electron chi connectivity index (χ2n) is 6.92. The highest BCUT2D eigenvalue weighted by Crippen LogP contribution is 2.29. The van der Waals surface area contributed by atoms with Crippen molar-refractivity contribution in [2.45, 2.75) is 31.9 Å². The van der Waals surface area contributed by atoms with Crippen LogP contribution in [-0.2, 0) is 11.4 Å². The lowest BCUT2D eigenvalue weighted by Gasteiger charge is -2.33. The van der Waals surface area contributed by atoms with Crippen LogP contribution in [0.15, 0.2) is 65.5 Å². The number of piperidine rings is 1. The molecule has 1 amide bonds. The first-order valence-corrected chi connectivity index (χ1v) is 9.75. The van der Waals surface area contributed by atoms with Gasteiger partial charge in [0.05, 0.1) is 6.04 Å². The third-order valence-corrected chi connectivity index (χ3v) is 4.93. The van der Waals surface area contributed by atoms with Gasteiger partial charge in [-0.1, -0.05) is 35.5 Å². The molecule has 3 aromatic rings. The van der Waals surface area contributed by atoms with Crippen LogP contribution in [0.1, 0.15) is 36.7 Å². The zero-order valence-electron chi connectivity index (χ0n) is 16.1. The molecule has 150 valence electrons. The first kappa shape index (κ1) is 19.0. The van der Waals surface area contributed by atoms with Crippen molar-refractivity contribution < 1.29 is 18.8 Å². The Labute approximate surface area is 169 Å². The Hall–Kier alpha value is -3.35. The highest BCUT2D eigenvalue weighted by Gasteiger charge is 2.30. The SMILES string of the molecule is O=C(COc1ccc(OCc2ccccc2)cc1)N1CCCCC1c1ncon1. The molecule has 1 aromatic heterocycles. The van der Waals surface area contributed by atoms with Gasteiger partial charge >= 0.3 is 0 Å². The van der Waals surface area contributed by atoms with E-state index in [1.165, 1.54) is 6.39 Å². The topological polar surface area (TPSA) is 77.7 Å². The van der Waals surface area contributed by atoms with Crippen LogP contribution in [0.5, 0.6) is 11.5 Å². The predicted octanol–water partition coefficient (Wildman–Crippen LogP) is 3.78. The monoisotopic (exact) mass is 393 g/mol. The number of carbonyl (C=O) groups excluding carboxylic acids is 1. The fourth-order valence-electron chi connectivity index (χ4n) is 3.43. The van der Waals surface area contributed by atoms with Gasteiger partial charge < -0.3 is 18.9 Å². The van der Waals surface area contributed by atoms with Crippen molar-refractivity contribution in [3.05, 3.63) is 72.4 Å². The summed E-state index contributed by atoms with van der Waals surface area (Å²) in [6.45, 7) is 1.15. The molecule has 0 radical (unpaired) electrons. The van der Waals surface area contributed by atoms with Crippen molar-refractivity contribution in [3.63, 3.8) is 0 Å². The predicted molar refractivity (Wildman–Crippen MR) is 105 cm³/mol. The number of benzene rings is 2. The first-order valence-electron chi connectivity index (χ1n) is 9.75. The molecule has 1 fully saturated rings. The minimum atomic E-state index is -0.146. The summed E-state index contributed by atoms with van der Waals surface area (Å²) in [6.07, 6.45) is 4.13. The van der Waals surface area contributed by atoms with E-state index in [0.29, 0.717) is 24.7 Å².